The van der Waals surface area contributed by atoms with E-state index in [2.05, 4.69) is 278 Å². The first kappa shape index (κ1) is 93.4. The molecule has 0 unspecified atom stereocenters. The second kappa shape index (κ2) is 44.7. The molecule has 0 spiro atoms. The van der Waals surface area contributed by atoms with Gasteiger partial charge in [0.05, 0.1) is 41.0 Å². The lowest BCUT2D eigenvalue weighted by atomic mass is 9.92. The molecule has 0 N–H and O–H groups in total. The first-order valence-electron chi connectivity index (χ1n) is 48.5. The van der Waals surface area contributed by atoms with Gasteiger partial charge in [-0.3, -0.25) is 0 Å². The topological polar surface area (TPSA) is 154 Å². The van der Waals surface area contributed by atoms with E-state index in [4.69, 9.17) is 48.2 Å². The number of amidine groups is 1. The Morgan fingerprint density at radius 1 is 0.259 bits per heavy atom. The number of rotatable bonds is 21. The maximum atomic E-state index is 6.44. The maximum absolute atomic E-state index is 6.44. The van der Waals surface area contributed by atoms with Crippen LogP contribution < -0.4 is 0 Å². The van der Waals surface area contributed by atoms with Crippen molar-refractivity contribution < 1.29 is 13.3 Å². The summed E-state index contributed by atoms with van der Waals surface area (Å²) in [6.07, 6.45) is 8.68. The number of benzene rings is 18. The van der Waals surface area contributed by atoms with Crippen molar-refractivity contribution in [2.45, 2.75) is 0 Å². The molecule has 0 saturated heterocycles. The molecule has 0 atom stereocenters. The van der Waals surface area contributed by atoms with Crippen LogP contribution in [0.25, 0.3) is 202 Å². The van der Waals surface area contributed by atoms with Crippen LogP contribution in [0.3, 0.4) is 0 Å². The highest BCUT2D eigenvalue weighted by atomic mass is 16.4. The molecule has 0 amide bonds. The molecule has 0 saturated carbocycles. The summed E-state index contributed by atoms with van der Waals surface area (Å²) in [5, 5.41) is 4.48. The minimum atomic E-state index is 0.493. The van der Waals surface area contributed by atoms with E-state index < -0.39 is 0 Å². The fraction of sp³-hybridized carbons (Fsp3) is 0. The van der Waals surface area contributed by atoms with Gasteiger partial charge < -0.3 is 13.3 Å². The largest absolute Gasteiger partial charge is 0.446 e. The summed E-state index contributed by atoms with van der Waals surface area (Å²) in [5.74, 6) is 3.58. The fourth-order valence-electron chi connectivity index (χ4n) is 17.7. The van der Waals surface area contributed by atoms with Gasteiger partial charge in [0.2, 0.25) is 17.7 Å². The van der Waals surface area contributed by atoms with Crippen LogP contribution in [0.5, 0.6) is 0 Å². The zero-order valence-electron chi connectivity index (χ0n) is 80.3. The van der Waals surface area contributed by atoms with Crippen molar-refractivity contribution in [1.82, 2.24) is 34.9 Å². The molecule has 23 rings (SSSR count). The zero-order valence-corrected chi connectivity index (χ0v) is 80.3. The fourth-order valence-corrected chi connectivity index (χ4v) is 17.7. The van der Waals surface area contributed by atoms with E-state index in [-0.39, 0.29) is 0 Å². The Morgan fingerprint density at radius 3 is 1.20 bits per heavy atom. The normalized spacial score (nSPS) is 11.1. The Morgan fingerprint density at radius 2 is 0.646 bits per heavy atom. The van der Waals surface area contributed by atoms with Crippen molar-refractivity contribution in [3.05, 3.63) is 588 Å². The van der Waals surface area contributed by atoms with Gasteiger partial charge in [-0.25, -0.2) is 44.9 Å². The third-order valence-corrected chi connectivity index (χ3v) is 25.4. The average Bonchev–Trinajstić information content (AvgIpc) is 1.66. The van der Waals surface area contributed by atoms with Crippen molar-refractivity contribution >= 4 is 55.8 Å². The quantitative estimate of drug-likeness (QED) is 0.0386. The predicted octanol–water partition coefficient (Wildman–Crippen LogP) is 34.8. The molecular weight excluding hydrogens is 1800 g/mol. The number of aliphatic imine (C=N–C) groups is 2. The van der Waals surface area contributed by atoms with E-state index in [1.54, 1.807) is 24.9 Å². The molecule has 12 heteroatoms. The van der Waals surface area contributed by atoms with Gasteiger partial charge in [-0.15, -0.1) is 0 Å². The average molecular weight is 1890 g/mol. The van der Waals surface area contributed by atoms with Crippen LogP contribution in [0.4, 0.5) is 0 Å². The van der Waals surface area contributed by atoms with Gasteiger partial charge in [0.1, 0.15) is 5.52 Å². The van der Waals surface area contributed by atoms with Gasteiger partial charge in [0.15, 0.2) is 23.1 Å². The minimum Gasteiger partial charge on any atom is -0.446 e. The van der Waals surface area contributed by atoms with Crippen LogP contribution >= 0.6 is 0 Å². The number of fused-ring (bicyclic) bond motifs is 3. The van der Waals surface area contributed by atoms with Crippen LogP contribution in [0, 0.1) is 0 Å². The number of allylic oxidation sites excluding steroid dienone is 1. The van der Waals surface area contributed by atoms with Crippen molar-refractivity contribution in [3.8, 4) is 158 Å². The van der Waals surface area contributed by atoms with Gasteiger partial charge in [-0.2, -0.15) is 0 Å². The third kappa shape index (κ3) is 22.1. The number of hydrogen-bond donors (Lipinski definition) is 0. The Kier molecular flexibility index (Phi) is 28.4. The highest BCUT2D eigenvalue weighted by Crippen LogP contribution is 2.43. The van der Waals surface area contributed by atoms with Crippen molar-refractivity contribution in [3.63, 3.8) is 0 Å². The highest BCUT2D eigenvalue weighted by molar-refractivity contribution is 6.09. The number of oxazole rings is 1. The second-order valence-corrected chi connectivity index (χ2v) is 34.9. The molecule has 698 valence electrons. The van der Waals surface area contributed by atoms with E-state index >= 15 is 0 Å². The predicted molar refractivity (Wildman–Crippen MR) is 604 cm³/mol. The molecule has 0 aliphatic rings. The van der Waals surface area contributed by atoms with Crippen LogP contribution in [-0.2, 0) is 0 Å². The molecule has 147 heavy (non-hydrogen) atoms. The molecule has 23 aromatic rings. The van der Waals surface area contributed by atoms with Crippen LogP contribution in [0.2, 0.25) is 0 Å². The summed E-state index contributed by atoms with van der Waals surface area (Å²) in [7, 11) is 0. The molecule has 18 aromatic carbocycles. The van der Waals surface area contributed by atoms with Gasteiger partial charge in [0, 0.05) is 90.9 Å². The van der Waals surface area contributed by atoms with Gasteiger partial charge in [-0.05, 0) is 179 Å². The summed E-state index contributed by atoms with van der Waals surface area (Å²) in [6, 6.07) is 172. The summed E-state index contributed by atoms with van der Waals surface area (Å²) in [6.45, 7) is 13.2. The first-order valence-corrected chi connectivity index (χ1v) is 48.5. The summed E-state index contributed by atoms with van der Waals surface area (Å²) in [5.41, 5.74) is 31.5. The van der Waals surface area contributed by atoms with E-state index in [9.17, 15) is 0 Å². The van der Waals surface area contributed by atoms with E-state index in [1.807, 2.05) is 267 Å². The lowest BCUT2D eigenvalue weighted by molar-refractivity contribution is 0.553. The van der Waals surface area contributed by atoms with Crippen LogP contribution in [0.1, 0.15) is 27.8 Å². The molecular formula is C135H95N9O3. The van der Waals surface area contributed by atoms with E-state index in [1.165, 1.54) is 27.8 Å². The molecule has 0 aliphatic heterocycles. The maximum Gasteiger partial charge on any atom is 0.227 e. The van der Waals surface area contributed by atoms with Crippen LogP contribution in [0.15, 0.2) is 583 Å². The number of para-hydroxylation sites is 1. The molecule has 0 fully saturated rings. The summed E-state index contributed by atoms with van der Waals surface area (Å²) < 4.78 is 18.1. The smallest absolute Gasteiger partial charge is 0.227 e. The Hall–Kier alpha value is -20.0. The summed E-state index contributed by atoms with van der Waals surface area (Å²) in [4.78, 5) is 44.2. The SMILES string of the molecule is C=C(N=C(N=Cc1ccc(-c2ccccc2)cc1)c1ccccc1)C(=C)c1ccccc1C(=C)c1ccccoc(-c2ccccc2)nc1.c1ccc(-c2ccc(-c3cc(-c4ccc(-c5cccc6nc(-c7ccccc7)oc56)c5ccccc45)nc(-c4ccccc4)n3)cc2)cc1.c1ccc(-c2ccc(-c3cc(-c4ccc5cc(-c6cccoc(-c7ccccc7)ncc6)ccc5c4)nc(-c4ccccc4)n3)cc2)cc1. The van der Waals surface area contributed by atoms with Crippen molar-refractivity contribution in [2.24, 2.45) is 9.98 Å². The Bertz CT molecular complexity index is 8830. The van der Waals surface area contributed by atoms with E-state index in [0.29, 0.717) is 46.4 Å². The molecule has 5 heterocycles. The standard InChI is InChI=1S/C45H29N3O.C45H31N3O.C45H35N3O/c1-4-13-30(14-5-1)31-23-25-32(26-24-31)41-29-42(47-44(46-41)33-15-6-2-7-16-33)38-28-27-37(35-19-10-11-20-36(35)38)39-21-12-22-40-43(39)49-45(48-40)34-17-8-3-9-18-34;1-4-11-32(12-5-1)34-18-20-35(21-19-34)42-31-43(48-44(47-42)36-13-6-2-7-14-36)41-25-24-39-29-38(22-23-40(39)30-41)33-17-10-28-49-45(46-27-26-33)37-15-8-3-9-16-37;1-33(42-24-13-14-25-43(42)34(2)41-23-15-16-30-49-45(47-32-41)40-21-11-6-12-22-40)35(3)48-44(39-19-9-5-10-20-39)46-31-36-26-28-38(29-27-36)37-17-7-4-8-18-37/h1-29H;1-31H;4-32H,1-3H2. The van der Waals surface area contributed by atoms with Crippen molar-refractivity contribution in [1.29, 1.82) is 0 Å². The Labute approximate surface area is 853 Å². The lowest BCUT2D eigenvalue weighted by Gasteiger charge is -2.14. The number of hydrogen-bond acceptors (Lipinski definition) is 11. The molecule has 12 nitrogen and oxygen atoms in total. The number of nitrogens with zero attached hydrogens (tertiary/aromatic N) is 9. The third-order valence-electron chi connectivity index (χ3n) is 25.4. The van der Waals surface area contributed by atoms with Crippen LogP contribution in [-0.4, -0.2) is 46.9 Å². The lowest BCUT2D eigenvalue weighted by Crippen LogP contribution is -2.01. The zero-order chi connectivity index (χ0) is 99.2. The first-order chi connectivity index (χ1) is 72.6. The molecule has 5 aromatic heterocycles. The molecule has 0 aliphatic carbocycles. The summed E-state index contributed by atoms with van der Waals surface area (Å²) >= 11 is 0. The molecule has 0 radical (unpaired) electrons. The highest BCUT2D eigenvalue weighted by Gasteiger charge is 2.22. The van der Waals surface area contributed by atoms with E-state index in [0.717, 1.165) is 167 Å². The minimum absolute atomic E-state index is 0.493. The van der Waals surface area contributed by atoms with Gasteiger partial charge in [-0.1, -0.05) is 444 Å². The second-order valence-electron chi connectivity index (χ2n) is 34.9. The number of aromatic nitrogens is 7. The van der Waals surface area contributed by atoms with Crippen molar-refractivity contribution in [2.75, 3.05) is 0 Å². The monoisotopic (exact) mass is 1890 g/mol. The van der Waals surface area contributed by atoms with Gasteiger partial charge >= 0.3 is 0 Å². The van der Waals surface area contributed by atoms with Gasteiger partial charge in [0.25, 0.3) is 0 Å². The Balaban J connectivity index is 0.000000129. The molecule has 0 bridgehead atoms.